The third kappa shape index (κ3) is 3.94. The van der Waals surface area contributed by atoms with Gasteiger partial charge in [0.2, 0.25) is 5.95 Å². The Balaban J connectivity index is 1.69. The van der Waals surface area contributed by atoms with Gasteiger partial charge in [-0.3, -0.25) is 9.36 Å². The Morgan fingerprint density at radius 3 is 2.69 bits per heavy atom. The monoisotopic (exact) mass is 378 g/mol. The molecule has 0 atom stereocenters. The molecule has 1 aromatic carbocycles. The molecule has 26 heavy (non-hydrogen) atoms. The quantitative estimate of drug-likeness (QED) is 0.532. The second kappa shape index (κ2) is 8.41. The number of carbonyl (C=O) groups excluding carboxylic acids is 1. The molecule has 0 unspecified atom stereocenters. The zero-order chi connectivity index (χ0) is 18.5. The highest BCUT2D eigenvalue weighted by Crippen LogP contribution is 2.27. The Morgan fingerprint density at radius 1 is 1.23 bits per heavy atom. The molecule has 0 radical (unpaired) electrons. The lowest BCUT2D eigenvalue weighted by molar-refractivity contribution is 0.101. The molecule has 0 bridgehead atoms. The lowest BCUT2D eigenvalue weighted by atomic mass is 10.1. The molecular formula is C17H22N4O4S. The minimum Gasteiger partial charge on any atom is -0.497 e. The predicted octanol–water partition coefficient (Wildman–Crippen LogP) is 1.64. The highest BCUT2D eigenvalue weighted by molar-refractivity contribution is 7.99. The molecule has 0 aliphatic carbocycles. The van der Waals surface area contributed by atoms with Crippen molar-refractivity contribution < 1.29 is 19.0 Å². The topological polar surface area (TPSA) is 78.7 Å². The number of benzene rings is 1. The van der Waals surface area contributed by atoms with E-state index in [1.54, 1.807) is 32.4 Å². The van der Waals surface area contributed by atoms with Gasteiger partial charge in [-0.15, -0.1) is 10.2 Å². The number of aromatic nitrogens is 3. The molecule has 0 N–H and O–H groups in total. The minimum atomic E-state index is -0.0540. The Kier molecular flexibility index (Phi) is 6.00. The standard InChI is InChI=1S/C17H22N4O4S/c1-20-16(21-6-8-25-9-7-21)18-19-17(20)26-11-14(22)13-10-12(23-2)4-5-15(13)24-3/h4-5,10H,6-9,11H2,1-3H3. The Labute approximate surface area is 156 Å². The van der Waals surface area contributed by atoms with Crippen LogP contribution in [-0.2, 0) is 11.8 Å². The average molecular weight is 378 g/mol. The third-order valence-electron chi connectivity index (χ3n) is 4.15. The number of morpholine rings is 1. The van der Waals surface area contributed by atoms with Gasteiger partial charge in [-0.2, -0.15) is 0 Å². The maximum Gasteiger partial charge on any atom is 0.227 e. The summed E-state index contributed by atoms with van der Waals surface area (Å²) >= 11 is 1.35. The minimum absolute atomic E-state index is 0.0540. The van der Waals surface area contributed by atoms with Crippen molar-refractivity contribution >= 4 is 23.5 Å². The van der Waals surface area contributed by atoms with E-state index in [1.807, 2.05) is 11.6 Å². The van der Waals surface area contributed by atoms with Crippen molar-refractivity contribution in [3.8, 4) is 11.5 Å². The van der Waals surface area contributed by atoms with Crippen LogP contribution in [0, 0.1) is 0 Å². The molecule has 0 saturated carbocycles. The van der Waals surface area contributed by atoms with Crippen molar-refractivity contribution in [2.24, 2.45) is 7.05 Å². The van der Waals surface area contributed by atoms with Crippen LogP contribution in [0.3, 0.4) is 0 Å². The first kappa shape index (κ1) is 18.5. The van der Waals surface area contributed by atoms with Gasteiger partial charge in [-0.1, -0.05) is 11.8 Å². The van der Waals surface area contributed by atoms with Gasteiger partial charge in [0.1, 0.15) is 11.5 Å². The molecule has 0 spiro atoms. The number of hydrogen-bond donors (Lipinski definition) is 0. The summed E-state index contributed by atoms with van der Waals surface area (Å²) in [6, 6.07) is 5.19. The van der Waals surface area contributed by atoms with Gasteiger partial charge in [0.15, 0.2) is 10.9 Å². The van der Waals surface area contributed by atoms with Crippen molar-refractivity contribution in [3.05, 3.63) is 23.8 Å². The first-order valence-electron chi connectivity index (χ1n) is 8.24. The van der Waals surface area contributed by atoms with Crippen molar-refractivity contribution in [3.63, 3.8) is 0 Å². The summed E-state index contributed by atoms with van der Waals surface area (Å²) in [6.07, 6.45) is 0. The number of nitrogens with zero attached hydrogens (tertiary/aromatic N) is 4. The van der Waals surface area contributed by atoms with Crippen molar-refractivity contribution in [1.29, 1.82) is 0 Å². The van der Waals surface area contributed by atoms with Crippen LogP contribution in [0.2, 0.25) is 0 Å². The van der Waals surface area contributed by atoms with E-state index < -0.39 is 0 Å². The van der Waals surface area contributed by atoms with Crippen molar-refractivity contribution in [1.82, 2.24) is 14.8 Å². The summed E-state index contributed by atoms with van der Waals surface area (Å²) in [7, 11) is 5.02. The van der Waals surface area contributed by atoms with E-state index in [-0.39, 0.29) is 11.5 Å². The lowest BCUT2D eigenvalue weighted by Crippen LogP contribution is -2.37. The Bertz CT molecular complexity index is 774. The largest absolute Gasteiger partial charge is 0.497 e. The van der Waals surface area contributed by atoms with Gasteiger partial charge < -0.3 is 19.1 Å². The number of rotatable bonds is 7. The Morgan fingerprint density at radius 2 is 2.00 bits per heavy atom. The number of hydrogen-bond acceptors (Lipinski definition) is 8. The molecular weight excluding hydrogens is 356 g/mol. The first-order valence-corrected chi connectivity index (χ1v) is 9.22. The second-order valence-electron chi connectivity index (χ2n) is 5.72. The summed E-state index contributed by atoms with van der Waals surface area (Å²) in [5.41, 5.74) is 0.495. The molecule has 1 saturated heterocycles. The van der Waals surface area contributed by atoms with Crippen LogP contribution in [0.4, 0.5) is 5.95 Å². The number of ketones is 1. The highest BCUT2D eigenvalue weighted by atomic mass is 32.2. The zero-order valence-electron chi connectivity index (χ0n) is 15.1. The SMILES string of the molecule is COc1ccc(OC)c(C(=O)CSc2nnc(N3CCOCC3)n2C)c1. The van der Waals surface area contributed by atoms with Crippen LogP contribution in [0.25, 0.3) is 0 Å². The maximum atomic E-state index is 12.6. The van der Waals surface area contributed by atoms with E-state index in [9.17, 15) is 4.79 Å². The molecule has 1 aromatic heterocycles. The number of anilines is 1. The number of thioether (sulfide) groups is 1. The fourth-order valence-electron chi connectivity index (χ4n) is 2.71. The van der Waals surface area contributed by atoms with Crippen LogP contribution in [0.15, 0.2) is 23.4 Å². The van der Waals surface area contributed by atoms with E-state index in [4.69, 9.17) is 14.2 Å². The first-order chi connectivity index (χ1) is 12.6. The average Bonchev–Trinajstić information content (AvgIpc) is 3.06. The number of ether oxygens (including phenoxy) is 3. The Hall–Kier alpha value is -2.26. The number of Topliss-reactive ketones (excluding diaryl/α,β-unsaturated/α-hetero) is 1. The number of methoxy groups -OCH3 is 2. The van der Waals surface area contributed by atoms with Gasteiger partial charge in [0.25, 0.3) is 0 Å². The lowest BCUT2D eigenvalue weighted by Gasteiger charge is -2.27. The normalized spacial score (nSPS) is 14.3. The van der Waals surface area contributed by atoms with E-state index in [2.05, 4.69) is 15.1 Å². The summed E-state index contributed by atoms with van der Waals surface area (Å²) in [6.45, 7) is 2.94. The molecule has 1 fully saturated rings. The van der Waals surface area contributed by atoms with Crippen molar-refractivity contribution in [2.75, 3.05) is 51.2 Å². The van der Waals surface area contributed by atoms with Gasteiger partial charge in [0, 0.05) is 20.1 Å². The molecule has 3 rings (SSSR count). The van der Waals surface area contributed by atoms with Crippen LogP contribution < -0.4 is 14.4 Å². The second-order valence-corrected chi connectivity index (χ2v) is 6.66. The van der Waals surface area contributed by atoms with Crippen LogP contribution in [-0.4, -0.2) is 66.8 Å². The predicted molar refractivity (Wildman–Crippen MR) is 98.6 cm³/mol. The smallest absolute Gasteiger partial charge is 0.227 e. The molecule has 9 heteroatoms. The summed E-state index contributed by atoms with van der Waals surface area (Å²) < 4.78 is 17.8. The van der Waals surface area contributed by atoms with E-state index in [0.29, 0.717) is 35.4 Å². The fraction of sp³-hybridized carbons (Fsp3) is 0.471. The molecule has 1 aliphatic heterocycles. The van der Waals surface area contributed by atoms with E-state index in [1.165, 1.54) is 11.8 Å². The molecule has 2 heterocycles. The van der Waals surface area contributed by atoms with E-state index in [0.717, 1.165) is 19.0 Å². The molecule has 2 aromatic rings. The van der Waals surface area contributed by atoms with Crippen LogP contribution in [0.1, 0.15) is 10.4 Å². The molecule has 140 valence electrons. The van der Waals surface area contributed by atoms with Gasteiger partial charge >= 0.3 is 0 Å². The van der Waals surface area contributed by atoms with Crippen LogP contribution in [0.5, 0.6) is 11.5 Å². The molecule has 1 aliphatic rings. The number of carbonyl (C=O) groups is 1. The summed E-state index contributed by atoms with van der Waals surface area (Å²) in [4.78, 5) is 14.8. The summed E-state index contributed by atoms with van der Waals surface area (Å²) in [5.74, 6) is 2.12. The van der Waals surface area contributed by atoms with Gasteiger partial charge in [0.05, 0.1) is 38.7 Å². The zero-order valence-corrected chi connectivity index (χ0v) is 15.9. The maximum absolute atomic E-state index is 12.6. The summed E-state index contributed by atoms with van der Waals surface area (Å²) in [5, 5.41) is 9.17. The highest BCUT2D eigenvalue weighted by Gasteiger charge is 2.20. The van der Waals surface area contributed by atoms with E-state index >= 15 is 0 Å². The molecule has 0 amide bonds. The van der Waals surface area contributed by atoms with Gasteiger partial charge in [-0.05, 0) is 18.2 Å². The molecule has 8 nitrogen and oxygen atoms in total. The van der Waals surface area contributed by atoms with Gasteiger partial charge in [-0.25, -0.2) is 0 Å². The van der Waals surface area contributed by atoms with Crippen LogP contribution >= 0.6 is 11.8 Å². The fourth-order valence-corrected chi connectivity index (χ4v) is 3.50. The van der Waals surface area contributed by atoms with Crippen molar-refractivity contribution in [2.45, 2.75) is 5.16 Å². The third-order valence-corrected chi connectivity index (χ3v) is 5.17.